The topological polar surface area (TPSA) is 52.6 Å². The van der Waals surface area contributed by atoms with E-state index in [1.807, 2.05) is 26.0 Å². The highest BCUT2D eigenvalue weighted by Crippen LogP contribution is 2.36. The molecule has 1 rings (SSSR count). The Morgan fingerprint density at radius 1 is 0.643 bits per heavy atom. The molecule has 4 nitrogen and oxygen atoms in total. The Hall–Kier alpha value is -1.32. The average molecular weight is 395 g/mol. The van der Waals surface area contributed by atoms with Crippen molar-refractivity contribution in [2.24, 2.45) is 23.7 Å². The molecule has 0 spiro atoms. The van der Waals surface area contributed by atoms with Gasteiger partial charge in [0.2, 0.25) is 0 Å². The van der Waals surface area contributed by atoms with Crippen LogP contribution in [0.3, 0.4) is 0 Å². The van der Waals surface area contributed by atoms with Crippen LogP contribution in [0.4, 0.5) is 0 Å². The fourth-order valence-electron chi connectivity index (χ4n) is 3.92. The Labute approximate surface area is 172 Å². The van der Waals surface area contributed by atoms with Crippen LogP contribution in [0.15, 0.2) is 12.2 Å². The first-order valence-electron chi connectivity index (χ1n) is 11.5. The van der Waals surface area contributed by atoms with Crippen molar-refractivity contribution < 1.29 is 19.1 Å². The molecule has 28 heavy (non-hydrogen) atoms. The van der Waals surface area contributed by atoms with Gasteiger partial charge in [-0.1, -0.05) is 91.2 Å². The van der Waals surface area contributed by atoms with Gasteiger partial charge in [0.15, 0.2) is 0 Å². The molecule has 1 aliphatic carbocycles. The zero-order chi connectivity index (χ0) is 20.8. The molecule has 0 aromatic carbocycles. The lowest BCUT2D eigenvalue weighted by Gasteiger charge is -2.33. The fraction of sp³-hybridized carbons (Fsp3) is 0.833. The van der Waals surface area contributed by atoms with Gasteiger partial charge >= 0.3 is 11.9 Å². The number of carbonyl (C=O) groups is 2. The standard InChI is InChI=1S/C24H42O4/c1-5-7-9-11-13-17-27-23(25)21-19(3)15-16-20(4)22(21)24(26)28-18-14-12-10-8-6-2/h15-16,19-22H,5-14,17-18H2,1-4H3. The summed E-state index contributed by atoms with van der Waals surface area (Å²) in [5.74, 6) is -1.39. The van der Waals surface area contributed by atoms with Crippen molar-refractivity contribution in [2.75, 3.05) is 13.2 Å². The number of hydrogen-bond acceptors (Lipinski definition) is 4. The van der Waals surface area contributed by atoms with Crippen LogP contribution in [0, 0.1) is 23.7 Å². The van der Waals surface area contributed by atoms with Gasteiger partial charge < -0.3 is 9.47 Å². The molecule has 4 unspecified atom stereocenters. The van der Waals surface area contributed by atoms with Crippen LogP contribution in [0.5, 0.6) is 0 Å². The predicted octanol–water partition coefficient (Wildman–Crippen LogP) is 6.09. The van der Waals surface area contributed by atoms with E-state index in [4.69, 9.17) is 9.47 Å². The third kappa shape index (κ3) is 8.79. The van der Waals surface area contributed by atoms with E-state index < -0.39 is 11.8 Å². The Kier molecular flexibility index (Phi) is 12.9. The Morgan fingerprint density at radius 2 is 1.00 bits per heavy atom. The van der Waals surface area contributed by atoms with Gasteiger partial charge in [-0.2, -0.15) is 0 Å². The fourth-order valence-corrected chi connectivity index (χ4v) is 3.92. The molecule has 0 radical (unpaired) electrons. The summed E-state index contributed by atoms with van der Waals surface area (Å²) in [7, 11) is 0. The first kappa shape index (κ1) is 24.7. The van der Waals surface area contributed by atoms with E-state index in [9.17, 15) is 9.59 Å². The number of ether oxygens (including phenoxy) is 2. The Morgan fingerprint density at radius 3 is 1.36 bits per heavy atom. The lowest BCUT2D eigenvalue weighted by molar-refractivity contribution is -0.164. The highest BCUT2D eigenvalue weighted by atomic mass is 16.5. The minimum atomic E-state index is -0.441. The van der Waals surface area contributed by atoms with Crippen molar-refractivity contribution in [3.63, 3.8) is 0 Å². The normalized spacial score (nSPS) is 24.1. The monoisotopic (exact) mass is 394 g/mol. The second-order valence-electron chi connectivity index (χ2n) is 8.32. The third-order valence-electron chi connectivity index (χ3n) is 5.77. The Bertz CT molecular complexity index is 429. The molecular formula is C24H42O4. The molecule has 0 N–H and O–H groups in total. The predicted molar refractivity (Wildman–Crippen MR) is 114 cm³/mol. The largest absolute Gasteiger partial charge is 0.465 e. The molecule has 4 atom stereocenters. The van der Waals surface area contributed by atoms with Crippen LogP contribution in [-0.2, 0) is 19.1 Å². The molecular weight excluding hydrogens is 352 g/mol. The summed E-state index contributed by atoms with van der Waals surface area (Å²) >= 11 is 0. The summed E-state index contributed by atoms with van der Waals surface area (Å²) in [6.07, 6.45) is 15.2. The van der Waals surface area contributed by atoms with Crippen molar-refractivity contribution in [1.82, 2.24) is 0 Å². The quantitative estimate of drug-likeness (QED) is 0.203. The number of carbonyl (C=O) groups excluding carboxylic acids is 2. The van der Waals surface area contributed by atoms with Gasteiger partial charge in [0, 0.05) is 0 Å². The number of allylic oxidation sites excluding steroid dienone is 2. The zero-order valence-electron chi connectivity index (χ0n) is 18.6. The van der Waals surface area contributed by atoms with E-state index in [1.54, 1.807) is 0 Å². The highest BCUT2D eigenvalue weighted by molar-refractivity contribution is 5.83. The maximum atomic E-state index is 12.7. The summed E-state index contributed by atoms with van der Waals surface area (Å²) in [4.78, 5) is 25.5. The van der Waals surface area contributed by atoms with Crippen molar-refractivity contribution >= 4 is 11.9 Å². The summed E-state index contributed by atoms with van der Waals surface area (Å²) in [5.41, 5.74) is 0. The molecule has 0 amide bonds. The van der Waals surface area contributed by atoms with E-state index in [-0.39, 0.29) is 23.8 Å². The smallest absolute Gasteiger partial charge is 0.310 e. The van der Waals surface area contributed by atoms with E-state index in [0.717, 1.165) is 25.7 Å². The van der Waals surface area contributed by atoms with Gasteiger partial charge in [-0.25, -0.2) is 0 Å². The summed E-state index contributed by atoms with van der Waals surface area (Å²) in [6.45, 7) is 9.24. The molecule has 4 heteroatoms. The maximum absolute atomic E-state index is 12.7. The van der Waals surface area contributed by atoms with Gasteiger partial charge in [0.1, 0.15) is 0 Å². The van der Waals surface area contributed by atoms with E-state index in [1.165, 1.54) is 38.5 Å². The molecule has 0 saturated carbocycles. The molecule has 1 aliphatic rings. The summed E-state index contributed by atoms with van der Waals surface area (Å²) in [6, 6.07) is 0. The van der Waals surface area contributed by atoms with Crippen LogP contribution in [0.25, 0.3) is 0 Å². The number of unbranched alkanes of at least 4 members (excludes halogenated alkanes) is 8. The Balaban J connectivity index is 2.51. The zero-order valence-corrected chi connectivity index (χ0v) is 18.6. The minimum Gasteiger partial charge on any atom is -0.465 e. The van der Waals surface area contributed by atoms with Gasteiger partial charge in [-0.3, -0.25) is 9.59 Å². The summed E-state index contributed by atoms with van der Waals surface area (Å²) in [5, 5.41) is 0. The average Bonchev–Trinajstić information content (AvgIpc) is 2.68. The molecule has 0 fully saturated rings. The highest BCUT2D eigenvalue weighted by Gasteiger charge is 2.43. The van der Waals surface area contributed by atoms with Crippen LogP contribution < -0.4 is 0 Å². The van der Waals surface area contributed by atoms with Crippen LogP contribution in [0.2, 0.25) is 0 Å². The number of hydrogen-bond donors (Lipinski definition) is 0. The van der Waals surface area contributed by atoms with E-state index >= 15 is 0 Å². The lowest BCUT2D eigenvalue weighted by atomic mass is 9.71. The molecule has 162 valence electrons. The van der Waals surface area contributed by atoms with Crippen LogP contribution in [0.1, 0.15) is 91.9 Å². The first-order chi connectivity index (χ1) is 13.5. The molecule has 0 bridgehead atoms. The van der Waals surface area contributed by atoms with E-state index in [2.05, 4.69) is 13.8 Å². The second-order valence-corrected chi connectivity index (χ2v) is 8.32. The van der Waals surface area contributed by atoms with Gasteiger partial charge in [-0.15, -0.1) is 0 Å². The van der Waals surface area contributed by atoms with Crippen LogP contribution >= 0.6 is 0 Å². The first-order valence-corrected chi connectivity index (χ1v) is 11.5. The molecule has 0 aromatic heterocycles. The summed E-state index contributed by atoms with van der Waals surface area (Å²) < 4.78 is 11.1. The van der Waals surface area contributed by atoms with Crippen molar-refractivity contribution in [3.05, 3.63) is 12.2 Å². The van der Waals surface area contributed by atoms with Crippen molar-refractivity contribution in [1.29, 1.82) is 0 Å². The van der Waals surface area contributed by atoms with Crippen molar-refractivity contribution in [2.45, 2.75) is 91.9 Å². The minimum absolute atomic E-state index is 0.00843. The third-order valence-corrected chi connectivity index (χ3v) is 5.77. The van der Waals surface area contributed by atoms with Gasteiger partial charge in [0.05, 0.1) is 25.0 Å². The van der Waals surface area contributed by atoms with Gasteiger partial charge in [0.25, 0.3) is 0 Å². The molecule has 0 heterocycles. The number of rotatable bonds is 14. The number of esters is 2. The maximum Gasteiger partial charge on any atom is 0.310 e. The molecule has 0 aromatic rings. The molecule has 0 saturated heterocycles. The lowest BCUT2D eigenvalue weighted by Crippen LogP contribution is -2.41. The second kappa shape index (κ2) is 14.6. The van der Waals surface area contributed by atoms with Gasteiger partial charge in [-0.05, 0) is 24.7 Å². The van der Waals surface area contributed by atoms with E-state index in [0.29, 0.717) is 13.2 Å². The van der Waals surface area contributed by atoms with Crippen LogP contribution in [-0.4, -0.2) is 25.2 Å². The van der Waals surface area contributed by atoms with Crippen molar-refractivity contribution in [3.8, 4) is 0 Å². The SMILES string of the molecule is CCCCCCCOC(=O)C1C(C)C=CC(C)C1C(=O)OCCCCCCC. The molecule has 0 aliphatic heterocycles.